The molecule has 0 aromatic rings. The number of likely N-dealkylation sites (tertiary alicyclic amines) is 1. The second-order valence-corrected chi connectivity index (χ2v) is 8.05. The molecule has 0 radical (unpaired) electrons. The fourth-order valence-corrected chi connectivity index (χ4v) is 5.25. The van der Waals surface area contributed by atoms with Crippen LogP contribution in [0.1, 0.15) is 64.7 Å². The Kier molecular flexibility index (Phi) is 3.87. The van der Waals surface area contributed by atoms with E-state index in [0.29, 0.717) is 0 Å². The minimum absolute atomic E-state index is 0.0221. The van der Waals surface area contributed by atoms with Crippen LogP contribution in [-0.2, 0) is 4.79 Å². The third kappa shape index (κ3) is 2.39. The lowest BCUT2D eigenvalue weighted by atomic mass is 9.91. The Morgan fingerprint density at radius 1 is 0.870 bits per heavy atom. The Morgan fingerprint density at radius 2 is 1.57 bits per heavy atom. The van der Waals surface area contributed by atoms with Gasteiger partial charge in [0.1, 0.15) is 5.54 Å². The Labute approximate surface area is 139 Å². The lowest BCUT2D eigenvalue weighted by molar-refractivity contribution is -0.134. The second-order valence-electron chi connectivity index (χ2n) is 8.05. The molecular formula is C18H29N3O2. The zero-order valence-corrected chi connectivity index (χ0v) is 14.3. The highest BCUT2D eigenvalue weighted by Gasteiger charge is 2.58. The van der Waals surface area contributed by atoms with E-state index in [4.69, 9.17) is 0 Å². The number of hydrogen-bond donors (Lipinski definition) is 0. The van der Waals surface area contributed by atoms with E-state index in [0.717, 1.165) is 51.4 Å². The third-order valence-corrected chi connectivity index (χ3v) is 6.71. The first-order valence-corrected chi connectivity index (χ1v) is 9.50. The molecule has 1 saturated carbocycles. The van der Waals surface area contributed by atoms with Crippen LogP contribution < -0.4 is 0 Å². The maximum atomic E-state index is 12.9. The minimum Gasteiger partial charge on any atom is -0.310 e. The van der Waals surface area contributed by atoms with Gasteiger partial charge >= 0.3 is 6.03 Å². The molecule has 5 nitrogen and oxygen atoms in total. The number of carbonyl (C=O) groups is 2. The molecular weight excluding hydrogens is 290 g/mol. The van der Waals surface area contributed by atoms with E-state index >= 15 is 0 Å². The SMILES string of the molecule is C[C@]12CCCN1C(=O)N(C1CCN(C3CCCCC3)CC1)C2=O. The van der Waals surface area contributed by atoms with E-state index in [1.165, 1.54) is 32.1 Å². The quantitative estimate of drug-likeness (QED) is 0.735. The molecule has 0 aromatic heterocycles. The van der Waals surface area contributed by atoms with Gasteiger partial charge in [0, 0.05) is 31.7 Å². The molecule has 128 valence electrons. The summed E-state index contributed by atoms with van der Waals surface area (Å²) in [5, 5.41) is 0. The van der Waals surface area contributed by atoms with Gasteiger partial charge in [-0.2, -0.15) is 0 Å². The largest absolute Gasteiger partial charge is 0.327 e. The lowest BCUT2D eigenvalue weighted by Crippen LogP contribution is -2.51. The number of amides is 3. The molecule has 0 aromatic carbocycles. The first kappa shape index (κ1) is 15.4. The summed E-state index contributed by atoms with van der Waals surface area (Å²) >= 11 is 0. The highest BCUT2D eigenvalue weighted by atomic mass is 16.2. The molecule has 3 amide bonds. The van der Waals surface area contributed by atoms with Gasteiger partial charge in [0.15, 0.2) is 0 Å². The summed E-state index contributed by atoms with van der Waals surface area (Å²) in [5.41, 5.74) is -0.544. The zero-order chi connectivity index (χ0) is 16.0. The second kappa shape index (κ2) is 5.76. The number of carbonyl (C=O) groups excluding carboxylic acids is 2. The zero-order valence-electron chi connectivity index (χ0n) is 14.3. The van der Waals surface area contributed by atoms with Crippen molar-refractivity contribution in [3.05, 3.63) is 0 Å². The average molecular weight is 319 g/mol. The molecule has 1 aliphatic carbocycles. The normalized spacial score (nSPS) is 34.5. The summed E-state index contributed by atoms with van der Waals surface area (Å²) in [6, 6.07) is 0.846. The van der Waals surface area contributed by atoms with Crippen LogP contribution in [0.25, 0.3) is 0 Å². The Morgan fingerprint density at radius 3 is 2.22 bits per heavy atom. The topological polar surface area (TPSA) is 43.9 Å². The smallest absolute Gasteiger partial charge is 0.310 e. The van der Waals surface area contributed by atoms with E-state index in [1.807, 2.05) is 11.8 Å². The van der Waals surface area contributed by atoms with Crippen molar-refractivity contribution in [2.45, 2.75) is 82.3 Å². The fraction of sp³-hybridized carbons (Fsp3) is 0.889. The Hall–Kier alpha value is -1.10. The molecule has 4 rings (SSSR count). The molecule has 3 aliphatic heterocycles. The van der Waals surface area contributed by atoms with Gasteiger partial charge in [-0.25, -0.2) is 4.79 Å². The monoisotopic (exact) mass is 319 g/mol. The number of nitrogens with zero attached hydrogens (tertiary/aromatic N) is 3. The van der Waals surface area contributed by atoms with E-state index in [2.05, 4.69) is 4.90 Å². The van der Waals surface area contributed by atoms with Crippen molar-refractivity contribution in [3.63, 3.8) is 0 Å². The number of urea groups is 1. The van der Waals surface area contributed by atoms with Gasteiger partial charge in [-0.05, 0) is 45.4 Å². The molecule has 0 bridgehead atoms. The van der Waals surface area contributed by atoms with E-state index < -0.39 is 5.54 Å². The van der Waals surface area contributed by atoms with E-state index in [1.54, 1.807) is 4.90 Å². The van der Waals surface area contributed by atoms with Crippen molar-refractivity contribution in [2.24, 2.45) is 0 Å². The van der Waals surface area contributed by atoms with E-state index in [9.17, 15) is 9.59 Å². The first-order valence-electron chi connectivity index (χ1n) is 9.50. The van der Waals surface area contributed by atoms with Crippen LogP contribution in [0.4, 0.5) is 4.79 Å². The molecule has 0 spiro atoms. The molecule has 0 N–H and O–H groups in total. The van der Waals surface area contributed by atoms with Gasteiger partial charge in [0.2, 0.25) is 0 Å². The summed E-state index contributed by atoms with van der Waals surface area (Å²) < 4.78 is 0. The lowest BCUT2D eigenvalue weighted by Gasteiger charge is -2.41. The van der Waals surface area contributed by atoms with Crippen LogP contribution in [0.5, 0.6) is 0 Å². The summed E-state index contributed by atoms with van der Waals surface area (Å²) in [6.45, 7) is 4.79. The van der Waals surface area contributed by atoms with Gasteiger partial charge in [0.25, 0.3) is 5.91 Å². The molecule has 3 saturated heterocycles. The van der Waals surface area contributed by atoms with Crippen LogP contribution >= 0.6 is 0 Å². The van der Waals surface area contributed by atoms with Gasteiger partial charge < -0.3 is 9.80 Å². The molecule has 5 heteroatoms. The van der Waals surface area contributed by atoms with Crippen molar-refractivity contribution < 1.29 is 9.59 Å². The molecule has 3 heterocycles. The predicted octanol–water partition coefficient (Wildman–Crippen LogP) is 2.60. The van der Waals surface area contributed by atoms with Crippen LogP contribution in [0.2, 0.25) is 0 Å². The predicted molar refractivity (Wildman–Crippen MR) is 88.1 cm³/mol. The molecule has 1 atom stereocenters. The highest BCUT2D eigenvalue weighted by molar-refractivity contribution is 6.07. The van der Waals surface area contributed by atoms with Crippen LogP contribution in [0.15, 0.2) is 0 Å². The van der Waals surface area contributed by atoms with E-state index in [-0.39, 0.29) is 18.0 Å². The number of piperidine rings is 1. The molecule has 23 heavy (non-hydrogen) atoms. The summed E-state index contributed by atoms with van der Waals surface area (Å²) in [7, 11) is 0. The van der Waals surface area contributed by atoms with Crippen molar-refractivity contribution in [1.29, 1.82) is 0 Å². The van der Waals surface area contributed by atoms with Crippen LogP contribution in [-0.4, -0.2) is 63.9 Å². The number of fused-ring (bicyclic) bond motifs is 1. The van der Waals surface area contributed by atoms with Crippen LogP contribution in [0.3, 0.4) is 0 Å². The summed E-state index contributed by atoms with van der Waals surface area (Å²) in [5.74, 6) is 0.0658. The minimum atomic E-state index is -0.544. The maximum Gasteiger partial charge on any atom is 0.327 e. The van der Waals surface area contributed by atoms with Crippen molar-refractivity contribution in [1.82, 2.24) is 14.7 Å². The Balaban J connectivity index is 1.41. The van der Waals surface area contributed by atoms with Crippen molar-refractivity contribution in [2.75, 3.05) is 19.6 Å². The third-order valence-electron chi connectivity index (χ3n) is 6.71. The highest BCUT2D eigenvalue weighted by Crippen LogP contribution is 2.39. The first-order chi connectivity index (χ1) is 11.1. The summed E-state index contributed by atoms with van der Waals surface area (Å²) in [6.07, 6.45) is 10.5. The number of rotatable bonds is 2. The van der Waals surface area contributed by atoms with Crippen LogP contribution in [0, 0.1) is 0 Å². The van der Waals surface area contributed by atoms with Gasteiger partial charge in [0.05, 0.1) is 0 Å². The van der Waals surface area contributed by atoms with Gasteiger partial charge in [-0.15, -0.1) is 0 Å². The number of imide groups is 1. The van der Waals surface area contributed by atoms with Gasteiger partial charge in [-0.1, -0.05) is 19.3 Å². The average Bonchev–Trinajstić information content (AvgIpc) is 3.06. The van der Waals surface area contributed by atoms with Gasteiger partial charge in [-0.3, -0.25) is 9.69 Å². The maximum absolute atomic E-state index is 12.9. The summed E-state index contributed by atoms with van der Waals surface area (Å²) in [4.78, 5) is 31.6. The van der Waals surface area contributed by atoms with Crippen molar-refractivity contribution in [3.8, 4) is 0 Å². The number of hydrogen-bond acceptors (Lipinski definition) is 3. The molecule has 4 aliphatic rings. The molecule has 4 fully saturated rings. The van der Waals surface area contributed by atoms with Crippen molar-refractivity contribution >= 4 is 11.9 Å². The standard InChI is InChI=1S/C18H29N3O2/c1-18-10-5-11-20(18)17(23)21(16(18)22)15-8-12-19(13-9-15)14-6-3-2-4-7-14/h14-15H,2-13H2,1H3/t18-/m1/s1. The molecule has 0 unspecified atom stereocenters. The fourth-order valence-electron chi connectivity index (χ4n) is 5.25. The Bertz CT molecular complexity index is 494.